The molecule has 2 aromatic rings. The van der Waals surface area contributed by atoms with Gasteiger partial charge in [0.25, 0.3) is 0 Å². The van der Waals surface area contributed by atoms with Crippen molar-refractivity contribution in [1.29, 1.82) is 0 Å². The van der Waals surface area contributed by atoms with Gasteiger partial charge in [0.1, 0.15) is 5.75 Å². The van der Waals surface area contributed by atoms with Gasteiger partial charge in [0.05, 0.1) is 5.75 Å². The number of Topliss-reactive ketones (excluding diaryl/α,β-unsaturated/α-hetero) is 1. The maximum absolute atomic E-state index is 12.1. The van der Waals surface area contributed by atoms with Crippen molar-refractivity contribution in [3.63, 3.8) is 0 Å². The van der Waals surface area contributed by atoms with E-state index in [0.717, 1.165) is 0 Å². The summed E-state index contributed by atoms with van der Waals surface area (Å²) in [4.78, 5) is 12.1. The van der Waals surface area contributed by atoms with Crippen molar-refractivity contribution in [3.8, 4) is 0 Å². The lowest BCUT2D eigenvalue weighted by Gasteiger charge is -2.05. The highest BCUT2D eigenvalue weighted by molar-refractivity contribution is 9.10. The summed E-state index contributed by atoms with van der Waals surface area (Å²) in [5, 5.41) is 0. The van der Waals surface area contributed by atoms with E-state index in [1.54, 1.807) is 48.5 Å². The van der Waals surface area contributed by atoms with E-state index in [1.807, 2.05) is 6.07 Å². The second-order valence-electron chi connectivity index (χ2n) is 4.42. The van der Waals surface area contributed by atoms with Crippen LogP contribution in [0.1, 0.15) is 15.9 Å². The molecule has 5 heteroatoms. The number of sulfone groups is 1. The van der Waals surface area contributed by atoms with Crippen molar-refractivity contribution < 1.29 is 13.2 Å². The summed E-state index contributed by atoms with van der Waals surface area (Å²) in [6, 6.07) is 15.7. The van der Waals surface area contributed by atoms with Crippen molar-refractivity contribution in [3.05, 3.63) is 70.2 Å². The van der Waals surface area contributed by atoms with Crippen molar-refractivity contribution in [2.45, 2.75) is 5.75 Å². The fraction of sp³-hybridized carbons (Fsp3) is 0.133. The largest absolute Gasteiger partial charge is 0.293 e. The van der Waals surface area contributed by atoms with Gasteiger partial charge in [0.15, 0.2) is 15.6 Å². The van der Waals surface area contributed by atoms with E-state index in [-0.39, 0.29) is 5.75 Å². The Bertz CT molecular complexity index is 709. The third-order valence-corrected chi connectivity index (χ3v) is 4.92. The van der Waals surface area contributed by atoms with E-state index in [0.29, 0.717) is 15.6 Å². The fourth-order valence-corrected chi connectivity index (χ4v) is 3.71. The van der Waals surface area contributed by atoms with Crippen LogP contribution in [0.3, 0.4) is 0 Å². The number of halogens is 1. The second-order valence-corrected chi connectivity index (χ2v) is 7.34. The van der Waals surface area contributed by atoms with E-state index in [2.05, 4.69) is 15.9 Å². The zero-order valence-electron chi connectivity index (χ0n) is 10.6. The van der Waals surface area contributed by atoms with E-state index in [9.17, 15) is 13.2 Å². The Morgan fingerprint density at radius 1 is 0.950 bits per heavy atom. The number of benzene rings is 2. The minimum absolute atomic E-state index is 0.121. The molecule has 0 aliphatic carbocycles. The first-order valence-electron chi connectivity index (χ1n) is 6.00. The second kappa shape index (κ2) is 6.33. The Hall–Kier alpha value is -1.46. The molecule has 0 atom stereocenters. The molecule has 2 rings (SSSR count). The standard InChI is InChI=1S/C15H13BrO3S/c16-14-9-5-4-8-13(14)15(17)11-20(18,19)10-12-6-2-1-3-7-12/h1-9H,10-11H2. The first kappa shape index (κ1) is 14.9. The molecule has 0 aliphatic rings. The zero-order chi connectivity index (χ0) is 14.6. The molecule has 3 nitrogen and oxygen atoms in total. The van der Waals surface area contributed by atoms with Gasteiger partial charge in [-0.15, -0.1) is 0 Å². The highest BCUT2D eigenvalue weighted by atomic mass is 79.9. The average molecular weight is 353 g/mol. The Kier molecular flexibility index (Phi) is 4.73. The van der Waals surface area contributed by atoms with E-state index in [4.69, 9.17) is 0 Å². The Balaban J connectivity index is 2.13. The molecule has 0 saturated heterocycles. The summed E-state index contributed by atoms with van der Waals surface area (Å²) < 4.78 is 24.7. The van der Waals surface area contributed by atoms with Crippen molar-refractivity contribution in [2.75, 3.05) is 5.75 Å². The molecule has 0 saturated carbocycles. The summed E-state index contributed by atoms with van der Waals surface area (Å²) in [6.45, 7) is 0. The molecular weight excluding hydrogens is 340 g/mol. The Morgan fingerprint density at radius 2 is 1.55 bits per heavy atom. The number of carbonyl (C=O) groups excluding carboxylic acids is 1. The SMILES string of the molecule is O=C(CS(=O)(=O)Cc1ccccc1)c1ccccc1Br. The van der Waals surface area contributed by atoms with Crippen molar-refractivity contribution in [1.82, 2.24) is 0 Å². The smallest absolute Gasteiger partial charge is 0.179 e. The number of ketones is 1. The normalized spacial score (nSPS) is 11.2. The van der Waals surface area contributed by atoms with Crippen LogP contribution in [0.25, 0.3) is 0 Å². The van der Waals surface area contributed by atoms with Gasteiger partial charge >= 0.3 is 0 Å². The van der Waals surface area contributed by atoms with Gasteiger partial charge in [-0.3, -0.25) is 4.79 Å². The number of carbonyl (C=O) groups is 1. The predicted octanol–water partition coefficient (Wildman–Crippen LogP) is 3.25. The van der Waals surface area contributed by atoms with Crippen LogP contribution in [0.2, 0.25) is 0 Å². The van der Waals surface area contributed by atoms with Gasteiger partial charge in [-0.25, -0.2) is 8.42 Å². The van der Waals surface area contributed by atoms with E-state index in [1.165, 1.54) is 0 Å². The minimum atomic E-state index is -3.47. The Morgan fingerprint density at radius 3 is 2.20 bits per heavy atom. The molecule has 0 N–H and O–H groups in total. The van der Waals surface area contributed by atoms with Crippen LogP contribution in [-0.4, -0.2) is 20.0 Å². The maximum atomic E-state index is 12.1. The third kappa shape index (κ3) is 4.02. The minimum Gasteiger partial charge on any atom is -0.293 e. The van der Waals surface area contributed by atoms with E-state index >= 15 is 0 Å². The molecule has 0 bridgehead atoms. The number of hydrogen-bond acceptors (Lipinski definition) is 3. The van der Waals surface area contributed by atoms with Crippen molar-refractivity contribution in [2.24, 2.45) is 0 Å². The molecule has 20 heavy (non-hydrogen) atoms. The van der Waals surface area contributed by atoms with E-state index < -0.39 is 21.4 Å². The molecule has 2 aromatic carbocycles. The van der Waals surface area contributed by atoms with Crippen molar-refractivity contribution >= 4 is 31.6 Å². The molecule has 0 amide bonds. The third-order valence-electron chi connectivity index (χ3n) is 2.75. The van der Waals surface area contributed by atoms with Crippen LogP contribution >= 0.6 is 15.9 Å². The summed E-state index contributed by atoms with van der Waals surface area (Å²) in [5.41, 5.74) is 1.08. The van der Waals surface area contributed by atoms with Gasteiger partial charge in [-0.05, 0) is 11.6 Å². The molecular formula is C15H13BrO3S. The van der Waals surface area contributed by atoms with Crippen LogP contribution in [0.4, 0.5) is 0 Å². The summed E-state index contributed by atoms with van der Waals surface area (Å²) in [5.74, 6) is -0.998. The predicted molar refractivity (Wildman–Crippen MR) is 82.4 cm³/mol. The first-order valence-corrected chi connectivity index (χ1v) is 8.61. The number of hydrogen-bond donors (Lipinski definition) is 0. The van der Waals surface area contributed by atoms with Gasteiger partial charge in [0, 0.05) is 10.0 Å². The summed E-state index contributed by atoms with van der Waals surface area (Å²) in [7, 11) is -3.47. The van der Waals surface area contributed by atoms with Gasteiger partial charge in [-0.1, -0.05) is 64.5 Å². The molecule has 0 spiro atoms. The van der Waals surface area contributed by atoms with Crippen LogP contribution in [0.15, 0.2) is 59.1 Å². The molecule has 0 fully saturated rings. The first-order chi connectivity index (χ1) is 9.48. The lowest BCUT2D eigenvalue weighted by Crippen LogP contribution is -2.18. The van der Waals surface area contributed by atoms with Crippen LogP contribution in [0, 0.1) is 0 Å². The van der Waals surface area contributed by atoms with Gasteiger partial charge in [-0.2, -0.15) is 0 Å². The molecule has 104 valence electrons. The zero-order valence-corrected chi connectivity index (χ0v) is 13.0. The quantitative estimate of drug-likeness (QED) is 0.776. The van der Waals surface area contributed by atoms with Gasteiger partial charge < -0.3 is 0 Å². The molecule has 0 heterocycles. The molecule has 0 aromatic heterocycles. The lowest BCUT2D eigenvalue weighted by molar-refractivity contribution is 0.102. The fourth-order valence-electron chi connectivity index (χ4n) is 1.84. The average Bonchev–Trinajstić information content (AvgIpc) is 2.39. The molecule has 0 unspecified atom stereocenters. The summed E-state index contributed by atoms with van der Waals surface area (Å²) in [6.07, 6.45) is 0. The highest BCUT2D eigenvalue weighted by Crippen LogP contribution is 2.17. The van der Waals surface area contributed by atoms with Gasteiger partial charge in [0.2, 0.25) is 0 Å². The monoisotopic (exact) mass is 352 g/mol. The number of rotatable bonds is 5. The highest BCUT2D eigenvalue weighted by Gasteiger charge is 2.19. The summed E-state index contributed by atoms with van der Waals surface area (Å²) >= 11 is 3.26. The Labute approximate surface area is 126 Å². The van der Waals surface area contributed by atoms with Crippen LogP contribution in [0.5, 0.6) is 0 Å². The molecule has 0 aliphatic heterocycles. The van der Waals surface area contributed by atoms with Crippen LogP contribution < -0.4 is 0 Å². The lowest BCUT2D eigenvalue weighted by atomic mass is 10.1. The topological polar surface area (TPSA) is 51.2 Å². The van der Waals surface area contributed by atoms with Crippen LogP contribution in [-0.2, 0) is 15.6 Å². The maximum Gasteiger partial charge on any atom is 0.179 e. The molecule has 0 radical (unpaired) electrons.